The molecule has 0 saturated carbocycles. The van der Waals surface area contributed by atoms with Crippen molar-refractivity contribution in [1.29, 1.82) is 5.26 Å². The summed E-state index contributed by atoms with van der Waals surface area (Å²) in [6, 6.07) is 53.5. The minimum atomic E-state index is -4.70. The topological polar surface area (TPSA) is 38.0 Å². The summed E-state index contributed by atoms with van der Waals surface area (Å²) < 4.78 is 48.7. The second-order valence-corrected chi connectivity index (χ2v) is 23.0. The lowest BCUT2D eigenvalue weighted by atomic mass is 9.91. The van der Waals surface area contributed by atoms with E-state index in [1.807, 2.05) is 12.1 Å². The predicted octanol–water partition coefficient (Wildman–Crippen LogP) is 21.4. The molecule has 0 amide bonds. The zero-order valence-electron chi connectivity index (χ0n) is 48.4. The monoisotopic (exact) mass is 1070 g/mol. The Bertz CT molecular complexity index is 4250. The predicted molar refractivity (Wildman–Crippen MR) is 335 cm³/mol. The zero-order valence-corrected chi connectivity index (χ0v) is 48.4. The molecule has 12 rings (SSSR count). The van der Waals surface area contributed by atoms with Crippen LogP contribution in [0.15, 0.2) is 152 Å². The molecule has 10 aromatic carbocycles. The van der Waals surface area contributed by atoms with Crippen LogP contribution in [0.3, 0.4) is 0 Å². The quantitative estimate of drug-likeness (QED) is 0.147. The van der Waals surface area contributed by atoms with Gasteiger partial charge in [-0.05, 0) is 244 Å². The summed E-state index contributed by atoms with van der Waals surface area (Å²) in [5.74, 6) is 0. The maximum Gasteiger partial charge on any atom is 0.415 e. The lowest BCUT2D eigenvalue weighted by molar-refractivity contribution is -0.137. The first-order chi connectivity index (χ1) is 39.1. The van der Waals surface area contributed by atoms with Gasteiger partial charge in [-0.2, -0.15) is 18.4 Å². The number of aryl methyl sites for hydroxylation is 12. The van der Waals surface area contributed by atoms with Crippen molar-refractivity contribution in [2.24, 2.45) is 0 Å². The number of alkyl halides is 3. The van der Waals surface area contributed by atoms with E-state index in [2.05, 4.69) is 224 Å². The minimum Gasteiger partial charge on any atom is -0.309 e. The Hall–Kier alpha value is -9.43. The van der Waals surface area contributed by atoms with Gasteiger partial charge in [0.2, 0.25) is 0 Å². The maximum atomic E-state index is 14.8. The molecule has 0 aliphatic carbocycles. The number of halogens is 3. The van der Waals surface area contributed by atoms with E-state index in [-0.39, 0.29) is 5.69 Å². The maximum absolute atomic E-state index is 14.8. The van der Waals surface area contributed by atoms with Gasteiger partial charge in [0.05, 0.1) is 51.6 Å². The van der Waals surface area contributed by atoms with Crippen LogP contribution in [0.4, 0.5) is 18.9 Å². The van der Waals surface area contributed by atoms with Crippen LogP contribution >= 0.6 is 0 Å². The van der Waals surface area contributed by atoms with Crippen molar-refractivity contribution in [3.63, 3.8) is 0 Å². The molecule has 0 radical (unpaired) electrons. The van der Waals surface area contributed by atoms with Crippen LogP contribution in [0, 0.1) is 101 Å². The molecule has 0 aliphatic heterocycles. The third-order valence-electron chi connectivity index (χ3n) is 16.8. The molecule has 2 aromatic heterocycles. The van der Waals surface area contributed by atoms with Gasteiger partial charge >= 0.3 is 6.18 Å². The Kier molecular flexibility index (Phi) is 12.8. The normalized spacial score (nSPS) is 11.8. The van der Waals surface area contributed by atoms with E-state index >= 15 is 0 Å². The molecule has 0 unspecified atom stereocenters. The van der Waals surface area contributed by atoms with E-state index in [1.165, 1.54) is 28.3 Å². The van der Waals surface area contributed by atoms with Gasteiger partial charge in [-0.15, -0.1) is 0 Å². The molecule has 0 saturated heterocycles. The fourth-order valence-corrected chi connectivity index (χ4v) is 14.0. The van der Waals surface area contributed by atoms with Gasteiger partial charge in [-0.25, -0.2) is 4.85 Å². The second kappa shape index (κ2) is 19.7. The molecule has 0 N–H and O–H groups in total. The lowest BCUT2D eigenvalue weighted by Gasteiger charge is -2.22. The van der Waals surface area contributed by atoms with Gasteiger partial charge in [-0.3, -0.25) is 0 Å². The second-order valence-electron chi connectivity index (χ2n) is 23.0. The first kappa shape index (κ1) is 53.2. The molecule has 82 heavy (non-hydrogen) atoms. The number of nitriles is 1. The minimum absolute atomic E-state index is 0.163. The van der Waals surface area contributed by atoms with Crippen LogP contribution in [0.25, 0.3) is 115 Å². The first-order valence-corrected chi connectivity index (χ1v) is 27.8. The van der Waals surface area contributed by atoms with Crippen molar-refractivity contribution in [3.05, 3.63) is 241 Å². The molecule has 4 nitrogen and oxygen atoms in total. The van der Waals surface area contributed by atoms with E-state index in [0.717, 1.165) is 145 Å². The number of rotatable bonds is 7. The smallest absolute Gasteiger partial charge is 0.309 e. The van der Waals surface area contributed by atoms with Crippen molar-refractivity contribution < 1.29 is 13.2 Å². The summed E-state index contributed by atoms with van der Waals surface area (Å²) in [6.07, 6.45) is -4.70. The van der Waals surface area contributed by atoms with Crippen LogP contribution in [0.5, 0.6) is 0 Å². The fourth-order valence-electron chi connectivity index (χ4n) is 14.0. The summed E-state index contributed by atoms with van der Waals surface area (Å²) in [5.41, 5.74) is 27.3. The molecular weight excluding hydrogens is 1010 g/mol. The van der Waals surface area contributed by atoms with Crippen LogP contribution in [-0.4, -0.2) is 9.13 Å². The van der Waals surface area contributed by atoms with E-state index in [4.69, 9.17) is 6.57 Å². The van der Waals surface area contributed by atoms with Gasteiger partial charge < -0.3 is 9.13 Å². The number of hydrogen-bond acceptors (Lipinski definition) is 1. The van der Waals surface area contributed by atoms with Crippen LogP contribution in [0.2, 0.25) is 0 Å². The van der Waals surface area contributed by atoms with Crippen LogP contribution in [0.1, 0.15) is 77.9 Å². The zero-order chi connectivity index (χ0) is 58.0. The molecule has 0 spiro atoms. The summed E-state index contributed by atoms with van der Waals surface area (Å²) in [7, 11) is 0. The van der Waals surface area contributed by atoms with Crippen molar-refractivity contribution in [1.82, 2.24) is 9.13 Å². The van der Waals surface area contributed by atoms with Gasteiger partial charge in [0.15, 0.2) is 5.69 Å². The van der Waals surface area contributed by atoms with Gasteiger partial charge in [0.25, 0.3) is 0 Å². The molecule has 7 heteroatoms. The third-order valence-corrected chi connectivity index (χ3v) is 16.8. The SMILES string of the molecule is [C-]#[N+]c1cc(C(F)(F)F)ccc1-c1c(-n2c3ccc(-c4c(C)cc(C)cc4C)cc3c3cc(-c4c(C)cc(C)cc4C)ccc32)cc(C#N)cc1-n1c2ccc(-c3c(C)cc(C)cc3C)cc2c2cc(-c3c(C)cc(C)cc3C)ccc21. The Labute approximate surface area is 477 Å². The van der Waals surface area contributed by atoms with Gasteiger partial charge in [-0.1, -0.05) is 107 Å². The highest BCUT2D eigenvalue weighted by molar-refractivity contribution is 6.15. The molecule has 2 heterocycles. The molecule has 12 aromatic rings. The molecule has 0 bridgehead atoms. The molecule has 0 aliphatic rings. The Morgan fingerprint density at radius 2 is 0.671 bits per heavy atom. The number of nitrogens with zero attached hydrogens (tertiary/aromatic N) is 4. The average Bonchev–Trinajstić information content (AvgIpc) is 2.14. The number of hydrogen-bond donors (Lipinski definition) is 0. The highest BCUT2D eigenvalue weighted by atomic mass is 19.4. The van der Waals surface area contributed by atoms with E-state index in [1.54, 1.807) is 0 Å². The highest BCUT2D eigenvalue weighted by Gasteiger charge is 2.33. The highest BCUT2D eigenvalue weighted by Crippen LogP contribution is 2.49. The molecule has 0 fully saturated rings. The van der Waals surface area contributed by atoms with E-state index in [0.29, 0.717) is 28.1 Å². The summed E-state index contributed by atoms with van der Waals surface area (Å²) >= 11 is 0. The van der Waals surface area contributed by atoms with Crippen LogP contribution in [-0.2, 0) is 6.18 Å². The first-order valence-electron chi connectivity index (χ1n) is 27.8. The van der Waals surface area contributed by atoms with Crippen LogP contribution < -0.4 is 0 Å². The molecule has 402 valence electrons. The van der Waals surface area contributed by atoms with E-state index in [9.17, 15) is 18.4 Å². The Balaban J connectivity index is 1.24. The summed E-state index contributed by atoms with van der Waals surface area (Å²) in [6.45, 7) is 34.3. The largest absolute Gasteiger partial charge is 0.415 e. The average molecular weight is 1080 g/mol. The number of benzene rings is 10. The number of fused-ring (bicyclic) bond motifs is 6. The van der Waals surface area contributed by atoms with E-state index < -0.39 is 11.7 Å². The van der Waals surface area contributed by atoms with Crippen molar-refractivity contribution in [2.45, 2.75) is 89.3 Å². The Morgan fingerprint density at radius 1 is 0.378 bits per heavy atom. The Morgan fingerprint density at radius 3 is 0.927 bits per heavy atom. The van der Waals surface area contributed by atoms with Gasteiger partial charge in [0.1, 0.15) is 0 Å². The van der Waals surface area contributed by atoms with Crippen molar-refractivity contribution in [2.75, 3.05) is 0 Å². The van der Waals surface area contributed by atoms with Gasteiger partial charge in [0, 0.05) is 32.7 Å². The lowest BCUT2D eigenvalue weighted by Crippen LogP contribution is -2.07. The van der Waals surface area contributed by atoms with Crippen molar-refractivity contribution >= 4 is 49.3 Å². The standard InChI is InChI=1S/C75H61F3N4/c1-40-24-44(5)70(45(6)25-40)53-14-20-64-59(34-53)60-35-54(71-46(7)26-41(2)27-47(71)8)15-21-65(60)81(64)68-32-52(39-79)33-69(74(68)58-19-18-57(75(76,77)78)38-63(58)80-13)82-66-22-16-55(72-48(9)28-42(3)29-49(72)10)36-61(66)62-37-56(17-23-67(62)82)73-50(11)30-43(4)31-51(73)12/h14-38H,1-12H3. The molecule has 0 atom stereocenters. The fraction of sp³-hybridized carbons (Fsp3) is 0.173. The number of aromatic nitrogens is 2. The summed E-state index contributed by atoms with van der Waals surface area (Å²) in [5, 5.41) is 15.2. The molecular formula is C75H61F3N4. The van der Waals surface area contributed by atoms with Crippen molar-refractivity contribution in [3.8, 4) is 73.1 Å². The third kappa shape index (κ3) is 8.75. The summed E-state index contributed by atoms with van der Waals surface area (Å²) in [4.78, 5) is 3.90.